The smallest absolute Gasteiger partial charge is 0.269 e. The zero-order valence-electron chi connectivity index (χ0n) is 16.7. The first-order valence-corrected chi connectivity index (χ1v) is 10.6. The normalized spacial score (nSPS) is 10.4. The van der Waals surface area contributed by atoms with E-state index in [4.69, 9.17) is 4.74 Å². The number of hydrogen-bond acceptors (Lipinski definition) is 7. The molecule has 0 saturated heterocycles. The van der Waals surface area contributed by atoms with Crippen molar-refractivity contribution in [3.8, 4) is 17.2 Å². The van der Waals surface area contributed by atoms with Gasteiger partial charge in [0.25, 0.3) is 5.91 Å². The molecule has 0 aliphatic carbocycles. The number of aromatic nitrogens is 4. The number of rotatable bonds is 7. The first kappa shape index (κ1) is 21.1. The minimum absolute atomic E-state index is 0.0185. The standard InChI is InChI=1S/C22H18N6O3S/c29-20(15-32-22-25-26-27-28(22)17-9-3-1-4-10-17)23-24-21(30)16-8-7-13-19(14-16)31-18-11-5-2-6-12-18/h1-14H,15H2,(H,23,29)(H,24,30). The number of nitrogens with one attached hydrogen (secondary N) is 2. The first-order valence-electron chi connectivity index (χ1n) is 9.58. The maximum atomic E-state index is 12.4. The molecule has 9 nitrogen and oxygen atoms in total. The highest BCUT2D eigenvalue weighted by Gasteiger charge is 2.13. The lowest BCUT2D eigenvalue weighted by molar-refractivity contribution is -0.119. The van der Waals surface area contributed by atoms with Crippen molar-refractivity contribution in [3.63, 3.8) is 0 Å². The van der Waals surface area contributed by atoms with E-state index < -0.39 is 11.8 Å². The zero-order chi connectivity index (χ0) is 22.2. The number of hydrazine groups is 1. The Kier molecular flexibility index (Phi) is 6.73. The summed E-state index contributed by atoms with van der Waals surface area (Å²) in [6.07, 6.45) is 0. The Hall–Kier alpha value is -4.18. The zero-order valence-corrected chi connectivity index (χ0v) is 17.5. The topological polar surface area (TPSA) is 111 Å². The Morgan fingerprint density at radius 1 is 0.875 bits per heavy atom. The molecule has 0 radical (unpaired) electrons. The van der Waals surface area contributed by atoms with Crippen molar-refractivity contribution in [2.75, 3.05) is 5.75 Å². The molecule has 10 heteroatoms. The van der Waals surface area contributed by atoms with Crippen LogP contribution in [0.5, 0.6) is 11.5 Å². The van der Waals surface area contributed by atoms with E-state index in [0.29, 0.717) is 22.2 Å². The highest BCUT2D eigenvalue weighted by molar-refractivity contribution is 7.99. The van der Waals surface area contributed by atoms with Gasteiger partial charge in [-0.15, -0.1) is 5.10 Å². The number of hydrogen-bond donors (Lipinski definition) is 2. The van der Waals surface area contributed by atoms with Crippen LogP contribution in [0.4, 0.5) is 0 Å². The average Bonchev–Trinajstić information content (AvgIpc) is 3.31. The molecule has 1 heterocycles. The van der Waals surface area contributed by atoms with E-state index in [2.05, 4.69) is 26.4 Å². The summed E-state index contributed by atoms with van der Waals surface area (Å²) in [5.41, 5.74) is 5.92. The molecule has 4 rings (SSSR count). The van der Waals surface area contributed by atoms with Crippen LogP contribution in [0.1, 0.15) is 10.4 Å². The molecule has 0 unspecified atom stereocenters. The van der Waals surface area contributed by atoms with E-state index in [1.807, 2.05) is 60.7 Å². The minimum atomic E-state index is -0.462. The highest BCUT2D eigenvalue weighted by atomic mass is 32.2. The van der Waals surface area contributed by atoms with Crippen LogP contribution in [0, 0.1) is 0 Å². The lowest BCUT2D eigenvalue weighted by Gasteiger charge is -2.09. The van der Waals surface area contributed by atoms with E-state index in [9.17, 15) is 9.59 Å². The summed E-state index contributed by atoms with van der Waals surface area (Å²) in [5.74, 6) is 0.329. The number of para-hydroxylation sites is 2. The lowest BCUT2D eigenvalue weighted by atomic mass is 10.2. The van der Waals surface area contributed by atoms with Gasteiger partial charge < -0.3 is 4.74 Å². The van der Waals surface area contributed by atoms with Gasteiger partial charge in [-0.3, -0.25) is 20.4 Å². The maximum absolute atomic E-state index is 12.4. The summed E-state index contributed by atoms with van der Waals surface area (Å²) in [6, 6.07) is 25.3. The van der Waals surface area contributed by atoms with Crippen LogP contribution in [0.2, 0.25) is 0 Å². The number of benzene rings is 3. The molecule has 2 N–H and O–H groups in total. The fourth-order valence-corrected chi connectivity index (χ4v) is 3.38. The van der Waals surface area contributed by atoms with Gasteiger partial charge in [0.2, 0.25) is 11.1 Å². The average molecular weight is 446 g/mol. The molecule has 0 aliphatic rings. The van der Waals surface area contributed by atoms with E-state index >= 15 is 0 Å². The monoisotopic (exact) mass is 446 g/mol. The van der Waals surface area contributed by atoms with E-state index in [1.165, 1.54) is 4.68 Å². The number of carbonyl (C=O) groups excluding carboxylic acids is 2. The van der Waals surface area contributed by atoms with E-state index in [0.717, 1.165) is 17.4 Å². The molecule has 32 heavy (non-hydrogen) atoms. The fraction of sp³-hybridized carbons (Fsp3) is 0.0455. The summed E-state index contributed by atoms with van der Waals surface area (Å²) >= 11 is 1.15. The van der Waals surface area contributed by atoms with Crippen LogP contribution in [0.25, 0.3) is 5.69 Å². The Bertz CT molecular complexity index is 1200. The molecule has 0 aliphatic heterocycles. The second-order valence-electron chi connectivity index (χ2n) is 6.44. The van der Waals surface area contributed by atoms with Gasteiger partial charge in [0.05, 0.1) is 11.4 Å². The van der Waals surface area contributed by atoms with Crippen LogP contribution in [-0.4, -0.2) is 37.8 Å². The number of tetrazole rings is 1. The minimum Gasteiger partial charge on any atom is -0.457 e. The second-order valence-corrected chi connectivity index (χ2v) is 7.39. The predicted octanol–water partition coefficient (Wildman–Crippen LogP) is 3.01. The molecule has 0 atom stereocenters. The summed E-state index contributed by atoms with van der Waals surface area (Å²) in [5, 5.41) is 12.0. The van der Waals surface area contributed by atoms with Crippen molar-refractivity contribution < 1.29 is 14.3 Å². The highest BCUT2D eigenvalue weighted by Crippen LogP contribution is 2.22. The maximum Gasteiger partial charge on any atom is 0.269 e. The van der Waals surface area contributed by atoms with Gasteiger partial charge in [-0.1, -0.05) is 54.2 Å². The Morgan fingerprint density at radius 2 is 1.59 bits per heavy atom. The van der Waals surface area contributed by atoms with Gasteiger partial charge in [-0.05, 0) is 52.9 Å². The molecule has 0 bridgehead atoms. The third-order valence-electron chi connectivity index (χ3n) is 4.16. The molecule has 0 fully saturated rings. The summed E-state index contributed by atoms with van der Waals surface area (Å²) in [7, 11) is 0. The molecule has 0 spiro atoms. The van der Waals surface area contributed by atoms with Crippen LogP contribution in [-0.2, 0) is 4.79 Å². The molecule has 3 aromatic carbocycles. The number of carbonyl (C=O) groups is 2. The van der Waals surface area contributed by atoms with E-state index in [1.54, 1.807) is 24.3 Å². The van der Waals surface area contributed by atoms with Gasteiger partial charge in [-0.2, -0.15) is 4.68 Å². The van der Waals surface area contributed by atoms with E-state index in [-0.39, 0.29) is 5.75 Å². The SMILES string of the molecule is O=C(CSc1nnnn1-c1ccccc1)NNC(=O)c1cccc(Oc2ccccc2)c1. The Balaban J connectivity index is 1.29. The van der Waals surface area contributed by atoms with Crippen LogP contribution in [0.3, 0.4) is 0 Å². The quantitative estimate of drug-likeness (QED) is 0.332. The summed E-state index contributed by atoms with van der Waals surface area (Å²) in [6.45, 7) is 0. The van der Waals surface area contributed by atoms with Crippen molar-refractivity contribution in [2.45, 2.75) is 5.16 Å². The number of thioether (sulfide) groups is 1. The lowest BCUT2D eigenvalue weighted by Crippen LogP contribution is -2.42. The number of amides is 2. The summed E-state index contributed by atoms with van der Waals surface area (Å²) in [4.78, 5) is 24.6. The van der Waals surface area contributed by atoms with Crippen molar-refractivity contribution in [3.05, 3.63) is 90.5 Å². The van der Waals surface area contributed by atoms with Crippen molar-refractivity contribution in [1.82, 2.24) is 31.1 Å². The van der Waals surface area contributed by atoms with Crippen molar-refractivity contribution >= 4 is 23.6 Å². The second kappa shape index (κ2) is 10.2. The molecular formula is C22H18N6O3S. The molecule has 160 valence electrons. The molecule has 1 aromatic heterocycles. The van der Waals surface area contributed by atoms with Crippen molar-refractivity contribution in [2.24, 2.45) is 0 Å². The third-order valence-corrected chi connectivity index (χ3v) is 5.08. The van der Waals surface area contributed by atoms with Gasteiger partial charge in [0.1, 0.15) is 11.5 Å². The molecule has 4 aromatic rings. The molecular weight excluding hydrogens is 428 g/mol. The number of nitrogens with zero attached hydrogens (tertiary/aromatic N) is 4. The third kappa shape index (κ3) is 5.49. The van der Waals surface area contributed by atoms with Crippen molar-refractivity contribution in [1.29, 1.82) is 0 Å². The fourth-order valence-electron chi connectivity index (χ4n) is 2.69. The summed E-state index contributed by atoms with van der Waals surface area (Å²) < 4.78 is 7.27. The van der Waals surface area contributed by atoms with Gasteiger partial charge in [0, 0.05) is 5.56 Å². The molecule has 2 amide bonds. The Morgan fingerprint density at radius 3 is 2.38 bits per heavy atom. The number of ether oxygens (including phenoxy) is 1. The largest absolute Gasteiger partial charge is 0.457 e. The van der Waals surface area contributed by atoms with Crippen LogP contribution in [0.15, 0.2) is 90.1 Å². The van der Waals surface area contributed by atoms with Crippen LogP contribution < -0.4 is 15.6 Å². The van der Waals surface area contributed by atoms with Gasteiger partial charge in [0.15, 0.2) is 0 Å². The van der Waals surface area contributed by atoms with Gasteiger partial charge in [-0.25, -0.2) is 0 Å². The Labute approximate surface area is 187 Å². The molecule has 0 saturated carbocycles. The van der Waals surface area contributed by atoms with Crippen LogP contribution >= 0.6 is 11.8 Å². The first-order chi connectivity index (χ1) is 15.7. The predicted molar refractivity (Wildman–Crippen MR) is 118 cm³/mol. The van der Waals surface area contributed by atoms with Gasteiger partial charge >= 0.3 is 0 Å².